The summed E-state index contributed by atoms with van der Waals surface area (Å²) in [5.74, 6) is 1.97. The molecule has 0 atom stereocenters. The van der Waals surface area contributed by atoms with E-state index in [-0.39, 0.29) is 5.91 Å². The zero-order valence-corrected chi connectivity index (χ0v) is 22.3. The van der Waals surface area contributed by atoms with Crippen molar-refractivity contribution in [1.82, 2.24) is 9.88 Å². The number of amides is 1. The van der Waals surface area contributed by atoms with Gasteiger partial charge in [0, 0.05) is 30.8 Å². The van der Waals surface area contributed by atoms with Gasteiger partial charge in [-0.05, 0) is 43.8 Å². The summed E-state index contributed by atoms with van der Waals surface area (Å²) in [6, 6.07) is 11.2. The largest absolute Gasteiger partial charge is 0.494 e. The van der Waals surface area contributed by atoms with Gasteiger partial charge in [-0.15, -0.1) is 0 Å². The second-order valence-corrected chi connectivity index (χ2v) is 9.24. The van der Waals surface area contributed by atoms with Crippen LogP contribution in [0, 0.1) is 0 Å². The second kappa shape index (κ2) is 13.3. The number of anilines is 1. The lowest BCUT2D eigenvalue weighted by atomic mass is 10.2. The van der Waals surface area contributed by atoms with Gasteiger partial charge in [0.1, 0.15) is 5.75 Å². The summed E-state index contributed by atoms with van der Waals surface area (Å²) in [7, 11) is 3.22. The van der Waals surface area contributed by atoms with Crippen LogP contribution in [-0.4, -0.2) is 62.8 Å². The van der Waals surface area contributed by atoms with Crippen LogP contribution in [-0.2, 0) is 0 Å². The minimum absolute atomic E-state index is 0.0762. The van der Waals surface area contributed by atoms with Gasteiger partial charge in [0.15, 0.2) is 16.6 Å². The quantitative estimate of drug-likeness (QED) is 0.259. The number of aromatic nitrogens is 1. The van der Waals surface area contributed by atoms with Crippen LogP contribution in [0.1, 0.15) is 50.4 Å². The van der Waals surface area contributed by atoms with Crippen LogP contribution in [0.3, 0.4) is 0 Å². The standard InChI is InChI=1S/C27H37N3O4S/c1-6-9-10-17-34-21-13-11-20(12-14-21)26(31)30(16-15-29(7-2)8-3)27-28-22-18-23(32-4)24(33-5)19-25(22)35-27/h11-14,18-19H,6-10,15-17H2,1-5H3. The lowest BCUT2D eigenvalue weighted by Gasteiger charge is -2.24. The predicted octanol–water partition coefficient (Wildman–Crippen LogP) is 5.87. The number of fused-ring (bicyclic) bond motifs is 1. The number of carbonyl (C=O) groups excluding carboxylic acids is 1. The normalized spacial score (nSPS) is 11.1. The fourth-order valence-corrected chi connectivity index (χ4v) is 4.82. The second-order valence-electron chi connectivity index (χ2n) is 8.23. The van der Waals surface area contributed by atoms with Crippen molar-refractivity contribution in [3.05, 3.63) is 42.0 Å². The van der Waals surface area contributed by atoms with Gasteiger partial charge < -0.3 is 19.1 Å². The molecular weight excluding hydrogens is 462 g/mol. The average Bonchev–Trinajstić information content (AvgIpc) is 3.30. The first-order valence-electron chi connectivity index (χ1n) is 12.3. The number of nitrogens with zero attached hydrogens (tertiary/aromatic N) is 3. The van der Waals surface area contributed by atoms with E-state index in [0.717, 1.165) is 54.9 Å². The first kappa shape index (κ1) is 26.8. The van der Waals surface area contributed by atoms with Crippen LogP contribution in [0.25, 0.3) is 10.2 Å². The molecule has 0 unspecified atom stereocenters. The van der Waals surface area contributed by atoms with Crippen molar-refractivity contribution in [2.45, 2.75) is 40.0 Å². The smallest absolute Gasteiger partial charge is 0.260 e. The molecule has 0 aliphatic carbocycles. The molecule has 0 saturated heterocycles. The third-order valence-electron chi connectivity index (χ3n) is 6.01. The van der Waals surface area contributed by atoms with Crippen molar-refractivity contribution in [3.8, 4) is 17.2 Å². The van der Waals surface area contributed by atoms with Gasteiger partial charge in [0.05, 0.1) is 31.0 Å². The maximum Gasteiger partial charge on any atom is 0.260 e. The Labute approximate surface area is 212 Å². The molecule has 35 heavy (non-hydrogen) atoms. The number of benzene rings is 2. The molecule has 0 aliphatic heterocycles. The molecule has 8 heteroatoms. The van der Waals surface area contributed by atoms with Crippen LogP contribution in [0.4, 0.5) is 5.13 Å². The third kappa shape index (κ3) is 6.86. The molecular formula is C27H37N3O4S. The Kier molecular flexibility index (Phi) is 10.2. The highest BCUT2D eigenvalue weighted by Gasteiger charge is 2.23. The van der Waals surface area contributed by atoms with E-state index < -0.39 is 0 Å². The van der Waals surface area contributed by atoms with Crippen molar-refractivity contribution in [2.75, 3.05) is 51.9 Å². The monoisotopic (exact) mass is 499 g/mol. The van der Waals surface area contributed by atoms with Crippen LogP contribution in [0.15, 0.2) is 36.4 Å². The number of hydrogen-bond donors (Lipinski definition) is 0. The summed E-state index contributed by atoms with van der Waals surface area (Å²) in [6.45, 7) is 10.3. The molecule has 0 radical (unpaired) electrons. The Bertz CT molecular complexity index is 1040. The zero-order chi connectivity index (χ0) is 25.2. The number of ether oxygens (including phenoxy) is 3. The van der Waals surface area contributed by atoms with Gasteiger partial charge in [-0.3, -0.25) is 9.69 Å². The molecule has 2 aromatic carbocycles. The minimum atomic E-state index is -0.0762. The van der Waals surface area contributed by atoms with Gasteiger partial charge in [0.25, 0.3) is 5.91 Å². The first-order chi connectivity index (χ1) is 17.0. The summed E-state index contributed by atoms with van der Waals surface area (Å²) in [4.78, 5) is 22.5. The van der Waals surface area contributed by atoms with Crippen molar-refractivity contribution < 1.29 is 19.0 Å². The number of methoxy groups -OCH3 is 2. The van der Waals surface area contributed by atoms with E-state index in [1.54, 1.807) is 19.1 Å². The lowest BCUT2D eigenvalue weighted by molar-refractivity contribution is 0.0983. The summed E-state index contributed by atoms with van der Waals surface area (Å²) in [5, 5.41) is 0.660. The molecule has 3 aromatic rings. The first-order valence-corrected chi connectivity index (χ1v) is 13.2. The fourth-order valence-electron chi connectivity index (χ4n) is 3.82. The molecule has 1 aromatic heterocycles. The van der Waals surface area contributed by atoms with Crippen molar-refractivity contribution in [2.24, 2.45) is 0 Å². The van der Waals surface area contributed by atoms with E-state index in [4.69, 9.17) is 19.2 Å². The Morgan fingerprint density at radius 2 is 1.63 bits per heavy atom. The maximum absolute atomic E-state index is 13.7. The highest BCUT2D eigenvalue weighted by molar-refractivity contribution is 7.22. The number of rotatable bonds is 14. The topological polar surface area (TPSA) is 64.1 Å². The van der Waals surface area contributed by atoms with Gasteiger partial charge in [0.2, 0.25) is 0 Å². The van der Waals surface area contributed by atoms with Crippen molar-refractivity contribution in [3.63, 3.8) is 0 Å². The fraction of sp³-hybridized carbons (Fsp3) is 0.481. The Hall–Kier alpha value is -2.84. The number of thiazole rings is 1. The summed E-state index contributed by atoms with van der Waals surface area (Å²) < 4.78 is 17.6. The van der Waals surface area contributed by atoms with Crippen LogP contribution < -0.4 is 19.1 Å². The number of likely N-dealkylation sites (N-methyl/N-ethyl adjacent to an activating group) is 1. The molecule has 1 amide bonds. The van der Waals surface area contributed by atoms with E-state index in [9.17, 15) is 4.79 Å². The van der Waals surface area contributed by atoms with E-state index in [1.165, 1.54) is 11.3 Å². The number of carbonyl (C=O) groups is 1. The van der Waals surface area contributed by atoms with E-state index in [1.807, 2.05) is 36.4 Å². The van der Waals surface area contributed by atoms with E-state index in [2.05, 4.69) is 25.7 Å². The van der Waals surface area contributed by atoms with Gasteiger partial charge in [-0.25, -0.2) is 4.98 Å². The molecule has 0 saturated carbocycles. The van der Waals surface area contributed by atoms with Crippen molar-refractivity contribution in [1.29, 1.82) is 0 Å². The van der Waals surface area contributed by atoms with Gasteiger partial charge in [-0.1, -0.05) is 44.9 Å². The predicted molar refractivity (Wildman–Crippen MR) is 144 cm³/mol. The number of hydrogen-bond acceptors (Lipinski definition) is 7. The zero-order valence-electron chi connectivity index (χ0n) is 21.5. The number of unbranched alkanes of at least 4 members (excludes halogenated alkanes) is 2. The average molecular weight is 500 g/mol. The molecule has 190 valence electrons. The summed E-state index contributed by atoms with van der Waals surface area (Å²) in [5.41, 5.74) is 1.39. The molecule has 1 heterocycles. The minimum Gasteiger partial charge on any atom is -0.494 e. The molecule has 0 bridgehead atoms. The SMILES string of the molecule is CCCCCOc1ccc(C(=O)N(CCN(CC)CC)c2nc3cc(OC)c(OC)cc3s2)cc1. The Morgan fingerprint density at radius 1 is 0.943 bits per heavy atom. The highest BCUT2D eigenvalue weighted by Crippen LogP contribution is 2.37. The van der Waals surface area contributed by atoms with E-state index in [0.29, 0.717) is 35.3 Å². The van der Waals surface area contributed by atoms with Crippen molar-refractivity contribution >= 4 is 32.6 Å². The lowest BCUT2D eigenvalue weighted by Crippen LogP contribution is -2.38. The molecule has 3 rings (SSSR count). The molecule has 0 fully saturated rings. The van der Waals surface area contributed by atoms with Crippen LogP contribution in [0.5, 0.6) is 17.2 Å². The van der Waals surface area contributed by atoms with E-state index >= 15 is 0 Å². The molecule has 0 aliphatic rings. The van der Waals surface area contributed by atoms with Gasteiger partial charge >= 0.3 is 0 Å². The molecule has 0 N–H and O–H groups in total. The Morgan fingerprint density at radius 3 is 2.26 bits per heavy atom. The maximum atomic E-state index is 13.7. The third-order valence-corrected chi connectivity index (χ3v) is 7.05. The summed E-state index contributed by atoms with van der Waals surface area (Å²) >= 11 is 1.48. The van der Waals surface area contributed by atoms with Crippen LogP contribution >= 0.6 is 11.3 Å². The molecule has 0 spiro atoms. The summed E-state index contributed by atoms with van der Waals surface area (Å²) in [6.07, 6.45) is 3.34. The molecule has 7 nitrogen and oxygen atoms in total. The Balaban J connectivity index is 1.87. The highest BCUT2D eigenvalue weighted by atomic mass is 32.1. The van der Waals surface area contributed by atoms with Gasteiger partial charge in [-0.2, -0.15) is 0 Å². The van der Waals surface area contributed by atoms with Crippen LogP contribution in [0.2, 0.25) is 0 Å².